The largest absolute Gasteiger partial charge is 0.299 e. The van der Waals surface area contributed by atoms with Gasteiger partial charge in [-0.3, -0.25) is 9.36 Å². The molecule has 0 atom stereocenters. The Labute approximate surface area is 203 Å². The summed E-state index contributed by atoms with van der Waals surface area (Å²) in [6.45, 7) is 0. The van der Waals surface area contributed by atoms with Gasteiger partial charge in [-0.05, 0) is 48.7 Å². The van der Waals surface area contributed by atoms with E-state index in [-0.39, 0.29) is 11.7 Å². The molecule has 2 aromatic carbocycles. The van der Waals surface area contributed by atoms with E-state index >= 15 is 0 Å². The lowest BCUT2D eigenvalue weighted by molar-refractivity contribution is -0.118. The molecule has 3 aromatic rings. The molecule has 0 bridgehead atoms. The van der Waals surface area contributed by atoms with Crippen LogP contribution in [0.25, 0.3) is 17.5 Å². The normalized spacial score (nSPS) is 14.8. The van der Waals surface area contributed by atoms with Crippen LogP contribution in [-0.2, 0) is 4.79 Å². The summed E-state index contributed by atoms with van der Waals surface area (Å²) in [5, 5.41) is 14.3. The van der Waals surface area contributed by atoms with Gasteiger partial charge >= 0.3 is 0 Å². The number of aromatic nitrogens is 3. The second-order valence-corrected chi connectivity index (χ2v) is 9.23. The molecule has 6 nitrogen and oxygen atoms in total. The maximum atomic E-state index is 12.3. The van der Waals surface area contributed by atoms with Crippen LogP contribution in [0, 0.1) is 0 Å². The van der Waals surface area contributed by atoms with Crippen LogP contribution in [0.3, 0.4) is 0 Å². The number of allylic oxidation sites excluding steroid dienone is 1. The molecule has 1 fully saturated rings. The van der Waals surface area contributed by atoms with Crippen molar-refractivity contribution in [2.75, 3.05) is 5.75 Å². The third-order valence-electron chi connectivity index (χ3n) is 5.48. The summed E-state index contributed by atoms with van der Waals surface area (Å²) in [5.41, 5.74) is 4.62. The zero-order chi connectivity index (χ0) is 22.9. The number of nitrogens with zero attached hydrogens (tertiary/aromatic N) is 4. The number of halogens is 1. The average Bonchev–Trinajstić information content (AvgIpc) is 3.28. The number of hydrogen-bond donors (Lipinski definition) is 1. The second-order valence-electron chi connectivity index (χ2n) is 7.85. The van der Waals surface area contributed by atoms with E-state index in [1.807, 2.05) is 60.7 Å². The molecule has 1 saturated carbocycles. The van der Waals surface area contributed by atoms with Crippen molar-refractivity contribution in [1.82, 2.24) is 20.2 Å². The molecule has 1 heterocycles. The van der Waals surface area contributed by atoms with Crippen molar-refractivity contribution in [3.63, 3.8) is 0 Å². The third kappa shape index (κ3) is 6.55. The van der Waals surface area contributed by atoms with Gasteiger partial charge in [-0.15, -0.1) is 10.2 Å². The summed E-state index contributed by atoms with van der Waals surface area (Å²) in [6, 6.07) is 17.9. The highest BCUT2D eigenvalue weighted by atomic mass is 35.5. The molecule has 1 aliphatic rings. The molecule has 4 rings (SSSR count). The Morgan fingerprint density at radius 3 is 2.61 bits per heavy atom. The number of carbonyl (C=O) groups excluding carboxylic acids is 1. The van der Waals surface area contributed by atoms with E-state index in [1.54, 1.807) is 12.3 Å². The van der Waals surface area contributed by atoms with Gasteiger partial charge < -0.3 is 0 Å². The molecule has 33 heavy (non-hydrogen) atoms. The number of hydrogen-bond acceptors (Lipinski definition) is 5. The Bertz CT molecular complexity index is 1110. The van der Waals surface area contributed by atoms with Crippen molar-refractivity contribution in [2.24, 2.45) is 5.10 Å². The molecule has 170 valence electrons. The Hall–Kier alpha value is -2.90. The molecule has 1 aromatic heterocycles. The number of hydrazone groups is 1. The topological polar surface area (TPSA) is 72.2 Å². The number of carbonyl (C=O) groups is 1. The molecule has 0 aliphatic heterocycles. The lowest BCUT2D eigenvalue weighted by Gasteiger charge is -2.25. The second kappa shape index (κ2) is 11.8. The fourth-order valence-electron chi connectivity index (χ4n) is 3.87. The summed E-state index contributed by atoms with van der Waals surface area (Å²) >= 11 is 7.45. The lowest BCUT2D eigenvalue weighted by Crippen LogP contribution is -2.20. The Balaban J connectivity index is 1.39. The van der Waals surface area contributed by atoms with Gasteiger partial charge in [0.15, 0.2) is 11.0 Å². The predicted octanol–water partition coefficient (Wildman–Crippen LogP) is 6.01. The minimum Gasteiger partial charge on any atom is -0.299 e. The van der Waals surface area contributed by atoms with E-state index in [9.17, 15) is 4.79 Å². The van der Waals surface area contributed by atoms with E-state index in [0.29, 0.717) is 11.1 Å². The van der Waals surface area contributed by atoms with Crippen molar-refractivity contribution in [3.8, 4) is 11.4 Å². The average molecular weight is 480 g/mol. The summed E-state index contributed by atoms with van der Waals surface area (Å²) in [4.78, 5) is 12.3. The maximum Gasteiger partial charge on any atom is 0.250 e. The van der Waals surface area contributed by atoms with Crippen LogP contribution in [0.5, 0.6) is 0 Å². The molecule has 0 radical (unpaired) electrons. The first-order chi connectivity index (χ1) is 16.2. The molecular weight excluding hydrogens is 454 g/mol. The van der Waals surface area contributed by atoms with Gasteiger partial charge in [0.1, 0.15) is 0 Å². The fourth-order valence-corrected chi connectivity index (χ4v) is 4.80. The van der Waals surface area contributed by atoms with Gasteiger partial charge in [-0.1, -0.05) is 79.0 Å². The van der Waals surface area contributed by atoms with Gasteiger partial charge in [0, 0.05) is 22.8 Å². The highest BCUT2D eigenvalue weighted by Crippen LogP contribution is 2.35. The van der Waals surface area contributed by atoms with E-state index in [4.69, 9.17) is 11.6 Å². The smallest absolute Gasteiger partial charge is 0.250 e. The van der Waals surface area contributed by atoms with Gasteiger partial charge in [-0.25, -0.2) is 5.43 Å². The van der Waals surface area contributed by atoms with Crippen molar-refractivity contribution >= 4 is 41.6 Å². The van der Waals surface area contributed by atoms with Crippen LogP contribution in [0.4, 0.5) is 0 Å². The summed E-state index contributed by atoms with van der Waals surface area (Å²) in [6.07, 6.45) is 11.1. The predicted molar refractivity (Wildman–Crippen MR) is 135 cm³/mol. The van der Waals surface area contributed by atoms with Crippen molar-refractivity contribution in [2.45, 2.75) is 43.3 Å². The first-order valence-corrected chi connectivity index (χ1v) is 12.4. The number of amides is 1. The summed E-state index contributed by atoms with van der Waals surface area (Å²) in [7, 11) is 0. The van der Waals surface area contributed by atoms with Crippen LogP contribution in [0.1, 0.15) is 43.7 Å². The fraction of sp³-hybridized carbons (Fsp3) is 0.280. The maximum absolute atomic E-state index is 12.3. The zero-order valence-corrected chi connectivity index (χ0v) is 19.8. The Kier molecular flexibility index (Phi) is 8.33. The molecular formula is C25H26ClN5OS. The van der Waals surface area contributed by atoms with Gasteiger partial charge in [0.2, 0.25) is 0 Å². The zero-order valence-electron chi connectivity index (χ0n) is 18.2. The van der Waals surface area contributed by atoms with Crippen LogP contribution in [-0.4, -0.2) is 32.6 Å². The number of benzene rings is 2. The summed E-state index contributed by atoms with van der Waals surface area (Å²) in [5.74, 6) is 0.853. The van der Waals surface area contributed by atoms with E-state index in [0.717, 1.165) is 34.9 Å². The van der Waals surface area contributed by atoms with Gasteiger partial charge in [0.05, 0.1) is 5.75 Å². The highest BCUT2D eigenvalue weighted by molar-refractivity contribution is 7.99. The third-order valence-corrected chi connectivity index (χ3v) is 6.67. The molecule has 0 saturated heterocycles. The van der Waals surface area contributed by atoms with Crippen molar-refractivity contribution in [1.29, 1.82) is 0 Å². The number of rotatable bonds is 8. The highest BCUT2D eigenvalue weighted by Gasteiger charge is 2.24. The van der Waals surface area contributed by atoms with Crippen LogP contribution >= 0.6 is 23.4 Å². The van der Waals surface area contributed by atoms with Crippen LogP contribution in [0.15, 0.2) is 70.9 Å². The molecule has 1 aliphatic carbocycles. The van der Waals surface area contributed by atoms with Gasteiger partial charge in [-0.2, -0.15) is 5.10 Å². The molecule has 0 spiro atoms. The molecule has 1 N–H and O–H groups in total. The Morgan fingerprint density at radius 2 is 1.85 bits per heavy atom. The number of nitrogens with one attached hydrogen (secondary N) is 1. The first-order valence-electron chi connectivity index (χ1n) is 11.1. The minimum atomic E-state index is -0.185. The quantitative estimate of drug-likeness (QED) is 0.244. The monoisotopic (exact) mass is 479 g/mol. The van der Waals surface area contributed by atoms with E-state index in [2.05, 4.69) is 25.3 Å². The summed E-state index contributed by atoms with van der Waals surface area (Å²) < 4.78 is 2.20. The van der Waals surface area contributed by atoms with Crippen molar-refractivity contribution < 1.29 is 4.79 Å². The lowest BCUT2D eigenvalue weighted by atomic mass is 9.95. The molecule has 0 unspecified atom stereocenters. The Morgan fingerprint density at radius 1 is 1.09 bits per heavy atom. The molecule has 1 amide bonds. The van der Waals surface area contributed by atoms with Crippen molar-refractivity contribution in [3.05, 3.63) is 71.3 Å². The number of thioether (sulfide) groups is 1. The van der Waals surface area contributed by atoms with E-state index in [1.165, 1.54) is 31.0 Å². The van der Waals surface area contributed by atoms with Crippen LogP contribution in [0.2, 0.25) is 5.02 Å². The van der Waals surface area contributed by atoms with Gasteiger partial charge in [0.25, 0.3) is 5.91 Å². The van der Waals surface area contributed by atoms with E-state index < -0.39 is 0 Å². The SMILES string of the molecule is O=C(CSc1nnc(-c2ccc(Cl)cc2)n1C1CCCCC1)N/N=C/C=C/c1ccccc1. The molecule has 8 heteroatoms. The first kappa shape index (κ1) is 23.3. The minimum absolute atomic E-state index is 0.185. The van der Waals surface area contributed by atoms with Crippen LogP contribution < -0.4 is 5.43 Å². The standard InChI is InChI=1S/C25H26ClN5OS/c26-21-15-13-20(14-16-21)24-29-30-25(31(24)22-11-5-2-6-12-22)33-18-23(32)28-27-17-7-10-19-8-3-1-4-9-19/h1,3-4,7-10,13-17,22H,2,5-6,11-12,18H2,(H,28,32)/b10-7+,27-17+.